The molecule has 0 aliphatic rings. The number of hydrogen-bond donors (Lipinski definition) is 0. The topological polar surface area (TPSA) is 102 Å². The Morgan fingerprint density at radius 3 is 1.68 bits per heavy atom. The highest BCUT2D eigenvalue weighted by Crippen LogP contribution is 2.29. The summed E-state index contributed by atoms with van der Waals surface area (Å²) in [7, 11) is -7.88. The smallest absolute Gasteiger partial charge is 0.206 e. The van der Waals surface area contributed by atoms with Crippen molar-refractivity contribution in [2.24, 2.45) is 0 Å². The Labute approximate surface area is 222 Å². The summed E-state index contributed by atoms with van der Waals surface area (Å²) >= 11 is 0. The van der Waals surface area contributed by atoms with Crippen LogP contribution in [0.25, 0.3) is 0 Å². The summed E-state index contributed by atoms with van der Waals surface area (Å²) < 4.78 is 51.1. The molecule has 4 aromatic carbocycles. The molecule has 0 heterocycles. The van der Waals surface area contributed by atoms with Crippen LogP contribution in [-0.4, -0.2) is 33.7 Å². The fourth-order valence-corrected chi connectivity index (χ4v) is 6.83. The summed E-state index contributed by atoms with van der Waals surface area (Å²) in [4.78, 5) is 24.7. The van der Waals surface area contributed by atoms with Crippen molar-refractivity contribution in [3.8, 4) is 0 Å². The van der Waals surface area contributed by atoms with Crippen molar-refractivity contribution in [1.82, 2.24) is 0 Å². The molecular weight excluding hydrogens is 520 g/mol. The lowest BCUT2D eigenvalue weighted by Gasteiger charge is -2.23. The lowest BCUT2D eigenvalue weighted by molar-refractivity contribution is -0.109. The quantitative estimate of drug-likeness (QED) is 0.215. The molecule has 4 aromatic rings. The summed E-state index contributed by atoms with van der Waals surface area (Å²) in [5, 5.41) is 0. The van der Waals surface area contributed by atoms with Crippen LogP contribution in [0.1, 0.15) is 34.0 Å². The molecule has 0 spiro atoms. The first-order chi connectivity index (χ1) is 18.0. The third kappa shape index (κ3) is 5.23. The van der Waals surface area contributed by atoms with E-state index in [1.807, 2.05) is 6.92 Å². The molecule has 0 amide bonds. The van der Waals surface area contributed by atoms with Crippen LogP contribution in [0.5, 0.6) is 0 Å². The highest BCUT2D eigenvalue weighted by molar-refractivity contribution is 7.93. The fraction of sp³-hybridized carbons (Fsp3) is 0.133. The van der Waals surface area contributed by atoms with Gasteiger partial charge in [0.05, 0.1) is 14.7 Å². The fourth-order valence-electron chi connectivity index (χ4n) is 4.06. The van der Waals surface area contributed by atoms with Crippen molar-refractivity contribution in [1.29, 1.82) is 0 Å². The number of carbonyl (C=O) groups is 2. The van der Waals surface area contributed by atoms with Crippen molar-refractivity contribution < 1.29 is 26.4 Å². The summed E-state index contributed by atoms with van der Waals surface area (Å²) in [6, 6.07) is 26.5. The van der Waals surface area contributed by atoms with Crippen LogP contribution in [0.4, 0.5) is 0 Å². The molecule has 0 bridgehead atoms. The number of benzene rings is 4. The Hall–Kier alpha value is -3.88. The van der Waals surface area contributed by atoms with Crippen molar-refractivity contribution in [3.63, 3.8) is 0 Å². The van der Waals surface area contributed by atoms with E-state index < -0.39 is 24.4 Å². The Morgan fingerprint density at radius 1 is 0.684 bits per heavy atom. The zero-order chi connectivity index (χ0) is 27.6. The number of hydrogen-bond acceptors (Lipinski definition) is 6. The molecule has 8 heteroatoms. The van der Waals surface area contributed by atoms with Crippen LogP contribution >= 0.6 is 0 Å². The lowest BCUT2D eigenvalue weighted by atomic mass is 10.0. The van der Waals surface area contributed by atoms with Crippen molar-refractivity contribution in [3.05, 3.63) is 125 Å². The van der Waals surface area contributed by atoms with Gasteiger partial charge in [0.15, 0.2) is 15.6 Å². The van der Waals surface area contributed by atoms with E-state index in [-0.39, 0.29) is 26.9 Å². The predicted octanol–water partition coefficient (Wildman–Crippen LogP) is 5.03. The van der Waals surface area contributed by atoms with Crippen molar-refractivity contribution >= 4 is 31.7 Å². The minimum absolute atomic E-state index is 0.0117. The van der Waals surface area contributed by atoms with Gasteiger partial charge in [-0.05, 0) is 74.4 Å². The predicted molar refractivity (Wildman–Crippen MR) is 145 cm³/mol. The van der Waals surface area contributed by atoms with Gasteiger partial charge < -0.3 is 4.79 Å². The van der Waals surface area contributed by atoms with Gasteiger partial charge in [-0.3, -0.25) is 4.79 Å². The number of carbonyl (C=O) groups excluding carboxylic acids is 2. The molecule has 1 unspecified atom stereocenters. The van der Waals surface area contributed by atoms with E-state index in [0.717, 1.165) is 5.56 Å². The van der Waals surface area contributed by atoms with Crippen molar-refractivity contribution in [2.75, 3.05) is 0 Å². The minimum Gasteiger partial charge on any atom is -0.302 e. The molecule has 38 heavy (non-hydrogen) atoms. The van der Waals surface area contributed by atoms with Crippen LogP contribution in [0, 0.1) is 6.92 Å². The monoisotopic (exact) mass is 546 g/mol. The molecule has 1 atom stereocenters. The molecule has 0 aliphatic carbocycles. The zero-order valence-corrected chi connectivity index (χ0v) is 22.5. The Kier molecular flexibility index (Phi) is 7.49. The van der Waals surface area contributed by atoms with Gasteiger partial charge in [0, 0.05) is 11.1 Å². The molecule has 0 radical (unpaired) electrons. The second-order valence-electron chi connectivity index (χ2n) is 9.29. The van der Waals surface area contributed by atoms with Gasteiger partial charge >= 0.3 is 0 Å². The Morgan fingerprint density at radius 2 is 1.16 bits per heavy atom. The minimum atomic E-state index is -3.99. The van der Waals surface area contributed by atoms with Gasteiger partial charge in [-0.25, -0.2) is 16.8 Å². The van der Waals surface area contributed by atoms with E-state index in [1.54, 1.807) is 42.5 Å². The molecule has 194 valence electrons. The van der Waals surface area contributed by atoms with Crippen LogP contribution in [0.15, 0.2) is 118 Å². The maximum atomic E-state index is 13.2. The van der Waals surface area contributed by atoms with Crippen LogP contribution in [0.3, 0.4) is 0 Å². The third-order valence-electron chi connectivity index (χ3n) is 6.45. The SMILES string of the molecule is Cc1ccc(S(=O)(=O)C(C)(C=O)Cc2ccc(S(=O)(=O)c3ccc(C(=O)c4ccccc4)cc3)cc2)cc1. The van der Waals surface area contributed by atoms with Crippen LogP contribution < -0.4 is 0 Å². The van der Waals surface area contributed by atoms with Crippen LogP contribution in [-0.2, 0) is 30.9 Å². The third-order valence-corrected chi connectivity index (χ3v) is 10.6. The highest BCUT2D eigenvalue weighted by atomic mass is 32.2. The van der Waals surface area contributed by atoms with Gasteiger partial charge in [0.25, 0.3) is 0 Å². The molecule has 0 fully saturated rings. The number of aldehydes is 1. The normalized spacial score (nSPS) is 13.4. The molecule has 0 N–H and O–H groups in total. The van der Waals surface area contributed by atoms with Gasteiger partial charge in [0.1, 0.15) is 11.0 Å². The van der Waals surface area contributed by atoms with Gasteiger partial charge in [-0.2, -0.15) is 0 Å². The summed E-state index contributed by atoms with van der Waals surface area (Å²) in [5.74, 6) is -0.210. The molecule has 0 saturated carbocycles. The molecule has 4 rings (SSSR count). The number of ketones is 1. The summed E-state index contributed by atoms with van der Waals surface area (Å²) in [5.41, 5.74) is 2.27. The maximum Gasteiger partial charge on any atom is 0.206 e. The molecule has 0 aromatic heterocycles. The van der Waals surface area contributed by atoms with Crippen molar-refractivity contribution in [2.45, 2.75) is 39.7 Å². The molecule has 6 nitrogen and oxygen atoms in total. The molecule has 0 aliphatic heterocycles. The Bertz CT molecular complexity index is 1670. The average Bonchev–Trinajstić information content (AvgIpc) is 2.93. The second kappa shape index (κ2) is 10.5. The second-order valence-corrected chi connectivity index (χ2v) is 13.7. The summed E-state index contributed by atoms with van der Waals surface area (Å²) in [6.45, 7) is 3.20. The molecular formula is C30H26O6S2. The number of sulfone groups is 2. The first-order valence-corrected chi connectivity index (χ1v) is 14.8. The van der Waals surface area contributed by atoms with E-state index >= 15 is 0 Å². The van der Waals surface area contributed by atoms with E-state index in [0.29, 0.717) is 23.0 Å². The van der Waals surface area contributed by atoms with E-state index in [9.17, 15) is 26.4 Å². The number of aryl methyl sites for hydroxylation is 1. The highest BCUT2D eigenvalue weighted by Gasteiger charge is 2.40. The Balaban J connectivity index is 1.55. The average molecular weight is 547 g/mol. The lowest BCUT2D eigenvalue weighted by Crippen LogP contribution is -2.39. The summed E-state index contributed by atoms with van der Waals surface area (Å²) in [6.07, 6.45) is 0.300. The number of rotatable bonds is 9. The van der Waals surface area contributed by atoms with Crippen LogP contribution in [0.2, 0.25) is 0 Å². The van der Waals surface area contributed by atoms with Gasteiger partial charge in [-0.1, -0.05) is 60.2 Å². The first kappa shape index (κ1) is 27.2. The first-order valence-electron chi connectivity index (χ1n) is 11.8. The van der Waals surface area contributed by atoms with Gasteiger partial charge in [0.2, 0.25) is 9.84 Å². The largest absolute Gasteiger partial charge is 0.302 e. The maximum absolute atomic E-state index is 13.2. The van der Waals surface area contributed by atoms with Gasteiger partial charge in [-0.15, -0.1) is 0 Å². The van der Waals surface area contributed by atoms with E-state index in [2.05, 4.69) is 0 Å². The molecule has 0 saturated heterocycles. The zero-order valence-electron chi connectivity index (χ0n) is 20.9. The van der Waals surface area contributed by atoms with E-state index in [1.165, 1.54) is 67.6 Å². The standard InChI is InChI=1S/C30H26O6S2/c1-22-8-14-28(15-9-22)38(35,36)30(2,21-31)20-23-10-16-26(17-11-23)37(33,34)27-18-12-25(13-19-27)29(32)24-6-4-3-5-7-24/h3-19,21H,20H2,1-2H3. The van der Waals surface area contributed by atoms with E-state index in [4.69, 9.17) is 0 Å².